The highest BCUT2D eigenvalue weighted by molar-refractivity contribution is 5.34. The zero-order valence-corrected chi connectivity index (χ0v) is 8.98. The van der Waals surface area contributed by atoms with Gasteiger partial charge in [-0.05, 0) is 31.4 Å². The SMILES string of the molecule is Cc1ccc(C2CCNC2(F)F)c(C)c1. The monoisotopic (exact) mass is 211 g/mol. The Balaban J connectivity index is 2.37. The van der Waals surface area contributed by atoms with E-state index in [-0.39, 0.29) is 0 Å². The zero-order chi connectivity index (χ0) is 11.1. The van der Waals surface area contributed by atoms with Crippen molar-refractivity contribution in [3.05, 3.63) is 34.9 Å². The van der Waals surface area contributed by atoms with Crippen molar-refractivity contribution >= 4 is 0 Å². The lowest BCUT2D eigenvalue weighted by atomic mass is 9.91. The van der Waals surface area contributed by atoms with Gasteiger partial charge in [-0.25, -0.2) is 0 Å². The molecule has 0 radical (unpaired) electrons. The van der Waals surface area contributed by atoms with Gasteiger partial charge in [-0.3, -0.25) is 5.32 Å². The molecule has 1 aromatic rings. The Bertz CT molecular complexity index is 374. The van der Waals surface area contributed by atoms with Crippen LogP contribution in [0.15, 0.2) is 18.2 Å². The van der Waals surface area contributed by atoms with Crippen LogP contribution in [0.3, 0.4) is 0 Å². The fourth-order valence-electron chi connectivity index (χ4n) is 2.26. The summed E-state index contributed by atoms with van der Waals surface area (Å²) in [5, 5.41) is 2.25. The van der Waals surface area contributed by atoms with E-state index in [1.807, 2.05) is 32.0 Å². The summed E-state index contributed by atoms with van der Waals surface area (Å²) in [5.41, 5.74) is 2.85. The highest BCUT2D eigenvalue weighted by Crippen LogP contribution is 2.39. The molecule has 1 fully saturated rings. The maximum Gasteiger partial charge on any atom is 0.309 e. The highest BCUT2D eigenvalue weighted by Gasteiger charge is 2.44. The molecule has 1 aliphatic rings. The van der Waals surface area contributed by atoms with Crippen LogP contribution in [0, 0.1) is 13.8 Å². The number of alkyl halides is 2. The average Bonchev–Trinajstić information content (AvgIpc) is 2.46. The predicted octanol–water partition coefficient (Wildman–Crippen LogP) is 2.97. The minimum Gasteiger partial charge on any atom is -0.258 e. The summed E-state index contributed by atoms with van der Waals surface area (Å²) in [6, 6.07) is 2.94. The Hall–Kier alpha value is -0.960. The van der Waals surface area contributed by atoms with Crippen molar-refractivity contribution in [2.45, 2.75) is 32.2 Å². The van der Waals surface area contributed by atoms with Gasteiger partial charge in [0.25, 0.3) is 0 Å². The van der Waals surface area contributed by atoms with E-state index >= 15 is 0 Å². The van der Waals surface area contributed by atoms with Crippen molar-refractivity contribution in [1.82, 2.24) is 5.32 Å². The van der Waals surface area contributed by atoms with Crippen LogP contribution >= 0.6 is 0 Å². The van der Waals surface area contributed by atoms with Gasteiger partial charge in [0.2, 0.25) is 0 Å². The number of halogens is 2. The molecule has 0 amide bonds. The van der Waals surface area contributed by atoms with Gasteiger partial charge in [0.05, 0.1) is 5.92 Å². The summed E-state index contributed by atoms with van der Waals surface area (Å²) in [6.45, 7) is 4.27. The minimum atomic E-state index is -2.75. The van der Waals surface area contributed by atoms with E-state index in [9.17, 15) is 8.78 Å². The summed E-state index contributed by atoms with van der Waals surface area (Å²) >= 11 is 0. The maximum atomic E-state index is 13.5. The number of hydrogen-bond donors (Lipinski definition) is 1. The molecule has 1 saturated heterocycles. The minimum absolute atomic E-state index is 0.394. The van der Waals surface area contributed by atoms with Gasteiger partial charge in [0, 0.05) is 6.54 Å². The molecule has 3 heteroatoms. The van der Waals surface area contributed by atoms with E-state index in [0.717, 1.165) is 16.7 Å². The standard InChI is InChI=1S/C12H15F2N/c1-8-3-4-10(9(2)7-8)11-5-6-15-12(11,13)14/h3-4,7,11,15H,5-6H2,1-2H3. The molecule has 0 aromatic heterocycles. The quantitative estimate of drug-likeness (QED) is 0.704. The molecule has 0 bridgehead atoms. The number of rotatable bonds is 1. The van der Waals surface area contributed by atoms with E-state index in [1.165, 1.54) is 0 Å². The van der Waals surface area contributed by atoms with Crippen molar-refractivity contribution in [2.24, 2.45) is 0 Å². The molecular formula is C12H15F2N. The van der Waals surface area contributed by atoms with Crippen LogP contribution in [0.2, 0.25) is 0 Å². The van der Waals surface area contributed by atoms with Crippen molar-refractivity contribution in [1.29, 1.82) is 0 Å². The van der Waals surface area contributed by atoms with Gasteiger partial charge >= 0.3 is 6.05 Å². The van der Waals surface area contributed by atoms with Gasteiger partial charge in [0.1, 0.15) is 0 Å². The van der Waals surface area contributed by atoms with Gasteiger partial charge in [-0.15, -0.1) is 0 Å². The number of hydrogen-bond acceptors (Lipinski definition) is 1. The summed E-state index contributed by atoms with van der Waals surface area (Å²) < 4.78 is 26.9. The molecule has 1 atom stereocenters. The lowest BCUT2D eigenvalue weighted by molar-refractivity contribution is -0.0319. The van der Waals surface area contributed by atoms with Gasteiger partial charge in [0.15, 0.2) is 0 Å². The smallest absolute Gasteiger partial charge is 0.258 e. The van der Waals surface area contributed by atoms with Gasteiger partial charge in [-0.1, -0.05) is 23.8 Å². The zero-order valence-electron chi connectivity index (χ0n) is 8.98. The van der Waals surface area contributed by atoms with Crippen molar-refractivity contribution < 1.29 is 8.78 Å². The van der Waals surface area contributed by atoms with Crippen molar-refractivity contribution in [3.8, 4) is 0 Å². The summed E-state index contributed by atoms with van der Waals surface area (Å²) in [4.78, 5) is 0. The first-order chi connectivity index (χ1) is 7.00. The van der Waals surface area contributed by atoms with E-state index in [2.05, 4.69) is 5.32 Å². The molecule has 15 heavy (non-hydrogen) atoms. The lowest BCUT2D eigenvalue weighted by Gasteiger charge is -2.20. The number of aryl methyl sites for hydroxylation is 2. The van der Waals surface area contributed by atoms with E-state index < -0.39 is 12.0 Å². The second-order valence-electron chi connectivity index (χ2n) is 4.25. The molecule has 1 unspecified atom stereocenters. The van der Waals surface area contributed by atoms with Crippen LogP contribution in [0.4, 0.5) is 8.78 Å². The highest BCUT2D eigenvalue weighted by atomic mass is 19.3. The third kappa shape index (κ3) is 1.88. The van der Waals surface area contributed by atoms with Crippen LogP contribution in [-0.4, -0.2) is 12.6 Å². The molecule has 2 rings (SSSR count). The Kier molecular flexibility index (Phi) is 2.51. The van der Waals surface area contributed by atoms with E-state index in [0.29, 0.717) is 13.0 Å². The normalized spacial score (nSPS) is 24.4. The topological polar surface area (TPSA) is 12.0 Å². The van der Waals surface area contributed by atoms with E-state index in [1.54, 1.807) is 0 Å². The molecule has 0 spiro atoms. The first-order valence-corrected chi connectivity index (χ1v) is 5.21. The summed E-state index contributed by atoms with van der Waals surface area (Å²) in [6.07, 6.45) is 0.511. The third-order valence-corrected chi connectivity index (χ3v) is 3.03. The van der Waals surface area contributed by atoms with Crippen molar-refractivity contribution in [3.63, 3.8) is 0 Å². The second kappa shape index (κ2) is 3.56. The Morgan fingerprint density at radius 3 is 2.60 bits per heavy atom. The van der Waals surface area contributed by atoms with E-state index in [4.69, 9.17) is 0 Å². The number of benzene rings is 1. The third-order valence-electron chi connectivity index (χ3n) is 3.03. The summed E-state index contributed by atoms with van der Waals surface area (Å²) in [7, 11) is 0. The lowest BCUT2D eigenvalue weighted by Crippen LogP contribution is -2.33. The fourth-order valence-corrected chi connectivity index (χ4v) is 2.26. The van der Waals surface area contributed by atoms with Crippen LogP contribution in [0.5, 0.6) is 0 Å². The molecule has 1 aromatic carbocycles. The van der Waals surface area contributed by atoms with Crippen LogP contribution < -0.4 is 5.32 Å². The van der Waals surface area contributed by atoms with Crippen LogP contribution in [0.25, 0.3) is 0 Å². The van der Waals surface area contributed by atoms with Gasteiger partial charge in [-0.2, -0.15) is 8.78 Å². The first kappa shape index (κ1) is 10.6. The second-order valence-corrected chi connectivity index (χ2v) is 4.25. The average molecular weight is 211 g/mol. The van der Waals surface area contributed by atoms with Crippen LogP contribution in [0.1, 0.15) is 29.0 Å². The molecular weight excluding hydrogens is 196 g/mol. The molecule has 1 N–H and O–H groups in total. The van der Waals surface area contributed by atoms with Crippen LogP contribution in [-0.2, 0) is 0 Å². The molecule has 1 aliphatic heterocycles. The fraction of sp³-hybridized carbons (Fsp3) is 0.500. The van der Waals surface area contributed by atoms with Gasteiger partial charge < -0.3 is 0 Å². The molecule has 1 nitrogen and oxygen atoms in total. The Morgan fingerprint density at radius 1 is 1.33 bits per heavy atom. The Labute approximate surface area is 88.5 Å². The maximum absolute atomic E-state index is 13.5. The number of nitrogens with one attached hydrogen (secondary N) is 1. The molecule has 1 heterocycles. The Morgan fingerprint density at radius 2 is 2.07 bits per heavy atom. The molecule has 82 valence electrons. The predicted molar refractivity (Wildman–Crippen MR) is 56.2 cm³/mol. The first-order valence-electron chi connectivity index (χ1n) is 5.21. The van der Waals surface area contributed by atoms with Crippen molar-refractivity contribution in [2.75, 3.05) is 6.54 Å². The molecule has 0 aliphatic carbocycles. The summed E-state index contributed by atoms with van der Waals surface area (Å²) in [5.74, 6) is -0.668. The largest absolute Gasteiger partial charge is 0.309 e. The molecule has 0 saturated carbocycles.